The second-order valence-corrected chi connectivity index (χ2v) is 6.44. The van der Waals surface area contributed by atoms with Gasteiger partial charge in [0, 0.05) is 38.3 Å². The van der Waals surface area contributed by atoms with Crippen LogP contribution in [0.3, 0.4) is 0 Å². The van der Waals surface area contributed by atoms with Gasteiger partial charge in [-0.25, -0.2) is 4.98 Å². The van der Waals surface area contributed by atoms with Gasteiger partial charge in [0.2, 0.25) is 0 Å². The average molecular weight is 347 g/mol. The topological polar surface area (TPSA) is 49.6 Å². The average Bonchev–Trinajstić information content (AvgIpc) is 3.17. The van der Waals surface area contributed by atoms with Gasteiger partial charge in [0.15, 0.2) is 12.0 Å². The number of hydrogen-bond donors (Lipinski definition) is 0. The smallest absolute Gasteiger partial charge is 0.254 e. The van der Waals surface area contributed by atoms with Crippen molar-refractivity contribution in [2.45, 2.75) is 0 Å². The quantitative estimate of drug-likeness (QED) is 0.727. The summed E-state index contributed by atoms with van der Waals surface area (Å²) in [6.45, 7) is 4.16. The van der Waals surface area contributed by atoms with E-state index in [9.17, 15) is 4.79 Å². The Labute approximate surface area is 152 Å². The van der Waals surface area contributed by atoms with Crippen LogP contribution >= 0.6 is 0 Å². The van der Waals surface area contributed by atoms with E-state index in [2.05, 4.69) is 34.2 Å². The number of benzene rings is 2. The lowest BCUT2D eigenvalue weighted by atomic mass is 10.1. The Morgan fingerprint density at radius 3 is 2.69 bits per heavy atom. The molecule has 132 valence electrons. The van der Waals surface area contributed by atoms with Crippen molar-refractivity contribution in [3.63, 3.8) is 0 Å². The van der Waals surface area contributed by atoms with Crippen LogP contribution in [0.15, 0.2) is 65.4 Å². The van der Waals surface area contributed by atoms with Gasteiger partial charge in [0.25, 0.3) is 5.91 Å². The summed E-state index contributed by atoms with van der Waals surface area (Å²) >= 11 is 0. The molecule has 1 aliphatic rings. The fourth-order valence-corrected chi connectivity index (χ4v) is 3.21. The molecule has 0 N–H and O–H groups in total. The van der Waals surface area contributed by atoms with Crippen LogP contribution in [-0.2, 0) is 0 Å². The van der Waals surface area contributed by atoms with E-state index in [1.165, 1.54) is 12.0 Å². The summed E-state index contributed by atoms with van der Waals surface area (Å²) in [6.07, 6.45) is 5.73. The first-order valence-electron chi connectivity index (χ1n) is 8.86. The Balaban J connectivity index is 1.31. The molecule has 5 heteroatoms. The summed E-state index contributed by atoms with van der Waals surface area (Å²) in [5.41, 5.74) is 3.30. The Bertz CT molecular complexity index is 909. The molecule has 0 unspecified atom stereocenters. The molecule has 1 fully saturated rings. The van der Waals surface area contributed by atoms with E-state index < -0.39 is 0 Å². The van der Waals surface area contributed by atoms with Gasteiger partial charge in [-0.1, -0.05) is 42.5 Å². The molecule has 4 rings (SSSR count). The van der Waals surface area contributed by atoms with Crippen molar-refractivity contribution < 1.29 is 9.21 Å². The number of amides is 1. The molecule has 1 saturated heterocycles. The zero-order chi connectivity index (χ0) is 17.8. The van der Waals surface area contributed by atoms with Crippen molar-refractivity contribution in [3.05, 3.63) is 72.1 Å². The number of piperazine rings is 1. The van der Waals surface area contributed by atoms with Crippen LogP contribution in [-0.4, -0.2) is 53.4 Å². The first kappa shape index (κ1) is 16.5. The van der Waals surface area contributed by atoms with Gasteiger partial charge in [-0.2, -0.15) is 0 Å². The van der Waals surface area contributed by atoms with Crippen molar-refractivity contribution in [1.82, 2.24) is 14.8 Å². The molecule has 5 nitrogen and oxygen atoms in total. The molecular weight excluding hydrogens is 326 g/mol. The van der Waals surface area contributed by atoms with Gasteiger partial charge in [-0.15, -0.1) is 0 Å². The lowest BCUT2D eigenvalue weighted by Gasteiger charge is -2.34. The highest BCUT2D eigenvalue weighted by molar-refractivity contribution is 5.97. The molecule has 0 radical (unpaired) electrons. The van der Waals surface area contributed by atoms with Gasteiger partial charge in [-0.05, 0) is 23.8 Å². The third kappa shape index (κ3) is 3.68. The van der Waals surface area contributed by atoms with Crippen LogP contribution < -0.4 is 0 Å². The van der Waals surface area contributed by atoms with Crippen molar-refractivity contribution in [2.75, 3.05) is 32.7 Å². The summed E-state index contributed by atoms with van der Waals surface area (Å²) in [5, 5.41) is 0. The molecule has 2 heterocycles. The molecule has 0 saturated carbocycles. The van der Waals surface area contributed by atoms with E-state index in [0.717, 1.165) is 38.2 Å². The normalized spacial score (nSPS) is 15.8. The molecule has 26 heavy (non-hydrogen) atoms. The lowest BCUT2D eigenvalue weighted by Crippen LogP contribution is -2.48. The van der Waals surface area contributed by atoms with Crippen LogP contribution in [0, 0.1) is 0 Å². The number of rotatable bonds is 4. The van der Waals surface area contributed by atoms with E-state index in [1.807, 2.05) is 35.2 Å². The predicted molar refractivity (Wildman–Crippen MR) is 102 cm³/mol. The molecule has 1 aliphatic heterocycles. The van der Waals surface area contributed by atoms with E-state index in [1.54, 1.807) is 6.07 Å². The standard InChI is InChI=1S/C21H21N3O2/c25-21(18-8-9-19-20(15-18)26-16-22-19)24-13-11-23(12-14-24)10-4-7-17-5-2-1-3-6-17/h1-9,15-16H,10-14H2/b7-4+. The highest BCUT2D eigenvalue weighted by Gasteiger charge is 2.22. The van der Waals surface area contributed by atoms with Crippen LogP contribution in [0.1, 0.15) is 15.9 Å². The largest absolute Gasteiger partial charge is 0.443 e. The van der Waals surface area contributed by atoms with Crippen LogP contribution in [0.4, 0.5) is 0 Å². The van der Waals surface area contributed by atoms with Crippen LogP contribution in [0.5, 0.6) is 0 Å². The second-order valence-electron chi connectivity index (χ2n) is 6.44. The monoisotopic (exact) mass is 347 g/mol. The molecule has 0 aliphatic carbocycles. The molecule has 0 atom stereocenters. The fraction of sp³-hybridized carbons (Fsp3) is 0.238. The van der Waals surface area contributed by atoms with Gasteiger partial charge in [0.1, 0.15) is 5.52 Å². The summed E-state index contributed by atoms with van der Waals surface area (Å²) in [5.74, 6) is 0.0581. The minimum atomic E-state index is 0.0581. The summed E-state index contributed by atoms with van der Waals surface area (Å²) in [7, 11) is 0. The first-order valence-corrected chi connectivity index (χ1v) is 8.86. The number of nitrogens with zero attached hydrogens (tertiary/aromatic N) is 3. The van der Waals surface area contributed by atoms with E-state index in [4.69, 9.17) is 4.42 Å². The minimum Gasteiger partial charge on any atom is -0.443 e. The van der Waals surface area contributed by atoms with Crippen molar-refractivity contribution in [2.24, 2.45) is 0 Å². The number of aromatic nitrogens is 1. The van der Waals surface area contributed by atoms with Crippen LogP contribution in [0.25, 0.3) is 17.2 Å². The van der Waals surface area contributed by atoms with Gasteiger partial charge in [0.05, 0.1) is 0 Å². The van der Waals surface area contributed by atoms with Gasteiger partial charge in [-0.3, -0.25) is 9.69 Å². The fourth-order valence-electron chi connectivity index (χ4n) is 3.21. The highest BCUT2D eigenvalue weighted by Crippen LogP contribution is 2.16. The zero-order valence-corrected chi connectivity index (χ0v) is 14.5. The summed E-state index contributed by atoms with van der Waals surface area (Å²) < 4.78 is 5.30. The SMILES string of the molecule is O=C(c1ccc2ncoc2c1)N1CCN(C/C=C/c2ccccc2)CC1. The maximum atomic E-state index is 12.7. The number of hydrogen-bond acceptors (Lipinski definition) is 4. The predicted octanol–water partition coefficient (Wildman–Crippen LogP) is 3.30. The molecular formula is C21H21N3O2. The maximum Gasteiger partial charge on any atom is 0.254 e. The van der Waals surface area contributed by atoms with Crippen molar-refractivity contribution in [1.29, 1.82) is 0 Å². The molecule has 3 aromatic rings. The number of carbonyl (C=O) groups excluding carboxylic acids is 1. The second kappa shape index (κ2) is 7.54. The van der Waals surface area contributed by atoms with E-state index >= 15 is 0 Å². The number of fused-ring (bicyclic) bond motifs is 1. The summed E-state index contributed by atoms with van der Waals surface area (Å²) in [6, 6.07) is 15.7. The lowest BCUT2D eigenvalue weighted by molar-refractivity contribution is 0.0650. The Morgan fingerprint density at radius 1 is 1.08 bits per heavy atom. The molecule has 0 bridgehead atoms. The zero-order valence-electron chi connectivity index (χ0n) is 14.5. The Kier molecular flexibility index (Phi) is 4.80. The minimum absolute atomic E-state index is 0.0581. The van der Waals surface area contributed by atoms with Gasteiger partial charge >= 0.3 is 0 Å². The third-order valence-corrected chi connectivity index (χ3v) is 4.71. The van der Waals surface area contributed by atoms with Crippen LogP contribution in [0.2, 0.25) is 0 Å². The third-order valence-electron chi connectivity index (χ3n) is 4.71. The molecule has 1 amide bonds. The molecule has 0 spiro atoms. The highest BCUT2D eigenvalue weighted by atomic mass is 16.3. The van der Waals surface area contributed by atoms with E-state index in [0.29, 0.717) is 11.1 Å². The molecule has 2 aromatic carbocycles. The van der Waals surface area contributed by atoms with Gasteiger partial charge < -0.3 is 9.32 Å². The first-order chi connectivity index (χ1) is 12.8. The maximum absolute atomic E-state index is 12.7. The molecule has 1 aromatic heterocycles. The summed E-state index contributed by atoms with van der Waals surface area (Å²) in [4.78, 5) is 21.1. The number of oxazole rings is 1. The number of carbonyl (C=O) groups is 1. The van der Waals surface area contributed by atoms with Crippen molar-refractivity contribution >= 4 is 23.1 Å². The Morgan fingerprint density at radius 2 is 1.88 bits per heavy atom. The van der Waals surface area contributed by atoms with Crippen molar-refractivity contribution in [3.8, 4) is 0 Å². The van der Waals surface area contributed by atoms with E-state index in [-0.39, 0.29) is 5.91 Å². The Hall–Kier alpha value is -2.92.